The van der Waals surface area contributed by atoms with E-state index in [4.69, 9.17) is 23.1 Å². The average Bonchev–Trinajstić information content (AvgIpc) is 2.49. The molecule has 2 aromatic rings. The molecule has 5 heteroatoms. The van der Waals surface area contributed by atoms with Crippen LogP contribution in [-0.2, 0) is 4.79 Å². The Labute approximate surface area is 134 Å². The van der Waals surface area contributed by atoms with Gasteiger partial charge in [-0.25, -0.2) is 0 Å². The van der Waals surface area contributed by atoms with Crippen LogP contribution in [0.5, 0.6) is 0 Å². The van der Waals surface area contributed by atoms with Gasteiger partial charge in [0.1, 0.15) is 0 Å². The predicted molar refractivity (Wildman–Crippen MR) is 90.5 cm³/mol. The molecule has 2 rings (SSSR count). The van der Waals surface area contributed by atoms with Gasteiger partial charge in [0.15, 0.2) is 5.96 Å². The van der Waals surface area contributed by atoms with E-state index in [9.17, 15) is 4.79 Å². The molecule has 0 aliphatic rings. The molecule has 0 bridgehead atoms. The molecule has 22 heavy (non-hydrogen) atoms. The Balaban J connectivity index is 2.35. The van der Waals surface area contributed by atoms with Crippen molar-refractivity contribution in [3.63, 3.8) is 0 Å². The Morgan fingerprint density at radius 2 is 1.68 bits per heavy atom. The highest BCUT2D eigenvalue weighted by Gasteiger charge is 2.17. The first-order valence-corrected chi connectivity index (χ1v) is 7.07. The maximum Gasteiger partial charge on any atom is 0.260 e. The summed E-state index contributed by atoms with van der Waals surface area (Å²) in [7, 11) is 0. The quantitative estimate of drug-likeness (QED) is 0.672. The SMILES string of the molecule is NC(N)=NC(=O)C(/C=C/c1ccccc1Cl)c1ccccc1. The first-order chi connectivity index (χ1) is 10.6. The zero-order valence-corrected chi connectivity index (χ0v) is 12.6. The topological polar surface area (TPSA) is 81.5 Å². The van der Waals surface area contributed by atoms with Crippen molar-refractivity contribution < 1.29 is 4.79 Å². The second-order valence-electron chi connectivity index (χ2n) is 4.64. The average molecular weight is 314 g/mol. The lowest BCUT2D eigenvalue weighted by atomic mass is 9.97. The number of hydrogen-bond donors (Lipinski definition) is 2. The normalized spacial score (nSPS) is 12.0. The summed E-state index contributed by atoms with van der Waals surface area (Å²) < 4.78 is 0. The van der Waals surface area contributed by atoms with Gasteiger partial charge < -0.3 is 11.5 Å². The van der Waals surface area contributed by atoms with Gasteiger partial charge in [-0.1, -0.05) is 72.3 Å². The van der Waals surface area contributed by atoms with Crippen LogP contribution in [-0.4, -0.2) is 11.9 Å². The third-order valence-corrected chi connectivity index (χ3v) is 3.38. The van der Waals surface area contributed by atoms with E-state index in [0.29, 0.717) is 5.02 Å². The third kappa shape index (κ3) is 4.20. The largest absolute Gasteiger partial charge is 0.370 e. The molecule has 4 nitrogen and oxygen atoms in total. The molecule has 0 radical (unpaired) electrons. The highest BCUT2D eigenvalue weighted by atomic mass is 35.5. The number of halogens is 1. The summed E-state index contributed by atoms with van der Waals surface area (Å²) in [6, 6.07) is 16.7. The van der Waals surface area contributed by atoms with Crippen molar-refractivity contribution in [1.82, 2.24) is 0 Å². The maximum atomic E-state index is 12.2. The van der Waals surface area contributed by atoms with Crippen molar-refractivity contribution in [2.75, 3.05) is 0 Å². The zero-order chi connectivity index (χ0) is 15.9. The monoisotopic (exact) mass is 313 g/mol. The lowest BCUT2D eigenvalue weighted by Gasteiger charge is -2.09. The van der Waals surface area contributed by atoms with E-state index in [2.05, 4.69) is 4.99 Å². The van der Waals surface area contributed by atoms with E-state index in [0.717, 1.165) is 11.1 Å². The number of aliphatic imine (C=N–C) groups is 1. The van der Waals surface area contributed by atoms with Crippen LogP contribution < -0.4 is 11.5 Å². The van der Waals surface area contributed by atoms with Crippen LogP contribution in [0.3, 0.4) is 0 Å². The van der Waals surface area contributed by atoms with Crippen molar-refractivity contribution in [1.29, 1.82) is 0 Å². The van der Waals surface area contributed by atoms with Gasteiger partial charge in [-0.15, -0.1) is 0 Å². The highest BCUT2D eigenvalue weighted by Crippen LogP contribution is 2.23. The summed E-state index contributed by atoms with van der Waals surface area (Å²) in [5.41, 5.74) is 12.2. The molecule has 0 saturated carbocycles. The molecule has 4 N–H and O–H groups in total. The van der Waals surface area contributed by atoms with Gasteiger partial charge in [0, 0.05) is 5.02 Å². The molecule has 0 fully saturated rings. The molecule has 1 unspecified atom stereocenters. The molecule has 2 aromatic carbocycles. The van der Waals surface area contributed by atoms with Gasteiger partial charge in [0.2, 0.25) is 0 Å². The summed E-state index contributed by atoms with van der Waals surface area (Å²) in [6.45, 7) is 0. The van der Waals surface area contributed by atoms with Gasteiger partial charge in [0.05, 0.1) is 5.92 Å². The zero-order valence-electron chi connectivity index (χ0n) is 11.8. The van der Waals surface area contributed by atoms with Gasteiger partial charge in [0.25, 0.3) is 5.91 Å². The van der Waals surface area contributed by atoms with Gasteiger partial charge in [-0.05, 0) is 17.2 Å². The molecule has 0 saturated heterocycles. The van der Waals surface area contributed by atoms with Crippen LogP contribution in [0.15, 0.2) is 65.7 Å². The van der Waals surface area contributed by atoms with Gasteiger partial charge >= 0.3 is 0 Å². The van der Waals surface area contributed by atoms with Crippen LogP contribution in [0.2, 0.25) is 5.02 Å². The van der Waals surface area contributed by atoms with Crippen LogP contribution in [0.1, 0.15) is 17.0 Å². The van der Waals surface area contributed by atoms with E-state index in [1.807, 2.05) is 48.5 Å². The molecule has 0 heterocycles. The lowest BCUT2D eigenvalue weighted by molar-refractivity contribution is -0.118. The second kappa shape index (κ2) is 7.43. The number of amides is 1. The van der Waals surface area contributed by atoms with E-state index in [1.165, 1.54) is 0 Å². The first-order valence-electron chi connectivity index (χ1n) is 6.69. The fourth-order valence-electron chi connectivity index (χ4n) is 2.00. The van der Waals surface area contributed by atoms with E-state index >= 15 is 0 Å². The van der Waals surface area contributed by atoms with Gasteiger partial charge in [-0.3, -0.25) is 4.79 Å². The Morgan fingerprint density at radius 3 is 2.32 bits per heavy atom. The minimum Gasteiger partial charge on any atom is -0.370 e. The van der Waals surface area contributed by atoms with Gasteiger partial charge in [-0.2, -0.15) is 4.99 Å². The van der Waals surface area contributed by atoms with Crippen molar-refractivity contribution in [3.8, 4) is 0 Å². The number of carbonyl (C=O) groups is 1. The third-order valence-electron chi connectivity index (χ3n) is 3.04. The molecule has 112 valence electrons. The summed E-state index contributed by atoms with van der Waals surface area (Å²) in [4.78, 5) is 15.9. The minimum atomic E-state index is -0.570. The lowest BCUT2D eigenvalue weighted by Crippen LogP contribution is -2.25. The smallest absolute Gasteiger partial charge is 0.260 e. The van der Waals surface area contributed by atoms with E-state index in [1.54, 1.807) is 18.2 Å². The molecular weight excluding hydrogens is 298 g/mol. The summed E-state index contributed by atoms with van der Waals surface area (Å²) in [6.07, 6.45) is 3.53. The van der Waals surface area contributed by atoms with E-state index < -0.39 is 11.8 Å². The van der Waals surface area contributed by atoms with Crippen LogP contribution >= 0.6 is 11.6 Å². The Kier molecular flexibility index (Phi) is 5.33. The predicted octanol–water partition coefficient (Wildman–Crippen LogP) is 2.94. The standard InChI is InChI=1S/C17H16ClN3O/c18-15-9-5-4-8-13(15)10-11-14(16(22)21-17(19)20)12-6-2-1-3-7-12/h1-11,14H,(H4,19,20,21,22)/b11-10+. The Bertz CT molecular complexity index is 707. The Morgan fingerprint density at radius 1 is 1.05 bits per heavy atom. The van der Waals surface area contributed by atoms with Crippen molar-refractivity contribution >= 4 is 29.5 Å². The number of nitrogens with zero attached hydrogens (tertiary/aromatic N) is 1. The number of nitrogens with two attached hydrogens (primary N) is 2. The van der Waals surface area contributed by atoms with Crippen LogP contribution in [0.4, 0.5) is 0 Å². The molecule has 0 aromatic heterocycles. The number of hydrogen-bond acceptors (Lipinski definition) is 1. The molecule has 1 atom stereocenters. The molecule has 0 aliphatic carbocycles. The molecule has 0 aliphatic heterocycles. The summed E-state index contributed by atoms with van der Waals surface area (Å²) in [5, 5.41) is 0.611. The van der Waals surface area contributed by atoms with Crippen molar-refractivity contribution in [3.05, 3.63) is 76.8 Å². The molecule has 1 amide bonds. The summed E-state index contributed by atoms with van der Waals surface area (Å²) in [5.74, 6) is -1.24. The highest BCUT2D eigenvalue weighted by molar-refractivity contribution is 6.32. The number of benzene rings is 2. The van der Waals surface area contributed by atoms with Crippen LogP contribution in [0.25, 0.3) is 6.08 Å². The fraction of sp³-hybridized carbons (Fsp3) is 0.0588. The van der Waals surface area contributed by atoms with Crippen LogP contribution in [0, 0.1) is 0 Å². The van der Waals surface area contributed by atoms with Crippen molar-refractivity contribution in [2.45, 2.75) is 5.92 Å². The Hall–Kier alpha value is -2.59. The number of guanidine groups is 1. The number of carbonyl (C=O) groups excluding carboxylic acids is 1. The molecular formula is C17H16ClN3O. The fourth-order valence-corrected chi connectivity index (χ4v) is 2.20. The second-order valence-corrected chi connectivity index (χ2v) is 5.05. The first kappa shape index (κ1) is 15.8. The van der Waals surface area contributed by atoms with E-state index in [-0.39, 0.29) is 5.96 Å². The molecule has 0 spiro atoms. The number of rotatable bonds is 4. The van der Waals surface area contributed by atoms with Crippen molar-refractivity contribution in [2.24, 2.45) is 16.5 Å². The maximum absolute atomic E-state index is 12.2. The summed E-state index contributed by atoms with van der Waals surface area (Å²) >= 11 is 6.11. The minimum absolute atomic E-state index is 0.253.